The van der Waals surface area contributed by atoms with Gasteiger partial charge in [0, 0.05) is 5.56 Å². The standard InChI is InChI=1S/C12H9N3O3/c13-12(6-16)11-2-9(4-14-7-17)1-10(3-11)5-15-8-18/h1-3,6,13H,4-5H2. The summed E-state index contributed by atoms with van der Waals surface area (Å²) in [7, 11) is 0. The lowest BCUT2D eigenvalue weighted by Gasteiger charge is -2.04. The van der Waals surface area contributed by atoms with Crippen LogP contribution in [0.25, 0.3) is 0 Å². The zero-order chi connectivity index (χ0) is 13.4. The molecular weight excluding hydrogens is 234 g/mol. The monoisotopic (exact) mass is 243 g/mol. The smallest absolute Gasteiger partial charge is 0.235 e. The number of aldehydes is 1. The molecule has 0 spiro atoms. The summed E-state index contributed by atoms with van der Waals surface area (Å²) in [6.45, 7) is 0.197. The molecule has 0 aliphatic carbocycles. The van der Waals surface area contributed by atoms with Crippen molar-refractivity contribution >= 4 is 24.2 Å². The zero-order valence-electron chi connectivity index (χ0n) is 9.34. The molecule has 1 rings (SSSR count). The van der Waals surface area contributed by atoms with Crippen molar-refractivity contribution < 1.29 is 14.4 Å². The fraction of sp³-hybridized carbons (Fsp3) is 0.167. The summed E-state index contributed by atoms with van der Waals surface area (Å²) >= 11 is 0. The van der Waals surface area contributed by atoms with Crippen molar-refractivity contribution in [2.75, 3.05) is 0 Å². The molecule has 0 atom stereocenters. The van der Waals surface area contributed by atoms with Crippen LogP contribution in [0.15, 0.2) is 28.2 Å². The minimum Gasteiger partial charge on any atom is -0.297 e. The Hall–Kier alpha value is -2.68. The highest BCUT2D eigenvalue weighted by Gasteiger charge is 2.05. The minimum atomic E-state index is -0.191. The fourth-order valence-electron chi connectivity index (χ4n) is 1.42. The Morgan fingerprint density at radius 3 is 2.00 bits per heavy atom. The molecule has 18 heavy (non-hydrogen) atoms. The number of rotatable bonds is 6. The van der Waals surface area contributed by atoms with Crippen LogP contribution in [0, 0.1) is 5.41 Å². The van der Waals surface area contributed by atoms with Crippen molar-refractivity contribution in [2.45, 2.75) is 13.1 Å². The van der Waals surface area contributed by atoms with Crippen LogP contribution >= 0.6 is 0 Å². The first-order valence-electron chi connectivity index (χ1n) is 4.95. The van der Waals surface area contributed by atoms with Crippen LogP contribution in [-0.4, -0.2) is 24.2 Å². The maximum Gasteiger partial charge on any atom is 0.235 e. The van der Waals surface area contributed by atoms with Gasteiger partial charge in [-0.25, -0.2) is 19.6 Å². The van der Waals surface area contributed by atoms with Gasteiger partial charge in [-0.2, -0.15) is 0 Å². The highest BCUT2D eigenvalue weighted by Crippen LogP contribution is 2.13. The van der Waals surface area contributed by atoms with Gasteiger partial charge in [-0.15, -0.1) is 0 Å². The van der Waals surface area contributed by atoms with Gasteiger partial charge in [0.2, 0.25) is 12.2 Å². The second-order valence-corrected chi connectivity index (χ2v) is 3.38. The van der Waals surface area contributed by atoms with Gasteiger partial charge in [0.25, 0.3) is 0 Å². The van der Waals surface area contributed by atoms with Crippen LogP contribution < -0.4 is 0 Å². The summed E-state index contributed by atoms with van der Waals surface area (Å²) in [6, 6.07) is 4.83. The minimum absolute atomic E-state index is 0.0985. The number of hydrogen-bond acceptors (Lipinski definition) is 6. The lowest BCUT2D eigenvalue weighted by Crippen LogP contribution is -2.02. The number of isocyanates is 2. The molecule has 1 N–H and O–H groups in total. The van der Waals surface area contributed by atoms with E-state index in [4.69, 9.17) is 5.41 Å². The van der Waals surface area contributed by atoms with Crippen molar-refractivity contribution in [3.8, 4) is 0 Å². The van der Waals surface area contributed by atoms with Gasteiger partial charge in [0.05, 0.1) is 13.1 Å². The van der Waals surface area contributed by atoms with Crippen molar-refractivity contribution in [2.24, 2.45) is 9.98 Å². The Kier molecular flexibility index (Phi) is 5.06. The average molecular weight is 243 g/mol. The van der Waals surface area contributed by atoms with Gasteiger partial charge in [0.1, 0.15) is 5.71 Å². The molecule has 0 heterocycles. The summed E-state index contributed by atoms with van der Waals surface area (Å²) in [5.74, 6) is 0. The Balaban J connectivity index is 3.17. The summed E-state index contributed by atoms with van der Waals surface area (Å²) < 4.78 is 0. The Morgan fingerprint density at radius 2 is 1.61 bits per heavy atom. The van der Waals surface area contributed by atoms with Gasteiger partial charge in [-0.1, -0.05) is 6.07 Å². The summed E-state index contributed by atoms with van der Waals surface area (Å²) in [6.07, 6.45) is 3.23. The maximum atomic E-state index is 10.6. The SMILES string of the molecule is N=C(C=O)c1cc(CN=C=O)cc(CN=C=O)c1. The van der Waals surface area contributed by atoms with Gasteiger partial charge in [-0.3, -0.25) is 10.2 Å². The first-order valence-corrected chi connectivity index (χ1v) is 4.95. The third kappa shape index (κ3) is 3.72. The van der Waals surface area contributed by atoms with Crippen LogP contribution in [0.3, 0.4) is 0 Å². The number of benzene rings is 1. The Labute approximate surface area is 103 Å². The number of aliphatic imine (C=N–C) groups is 2. The summed E-state index contributed by atoms with van der Waals surface area (Å²) in [5, 5.41) is 7.44. The second-order valence-electron chi connectivity index (χ2n) is 3.38. The lowest BCUT2D eigenvalue weighted by atomic mass is 10.0. The normalized spacial score (nSPS) is 8.89. The number of nitrogens with one attached hydrogen (secondary N) is 1. The number of nitrogens with zero attached hydrogens (tertiary/aromatic N) is 2. The van der Waals surface area contributed by atoms with Crippen LogP contribution in [0.1, 0.15) is 16.7 Å². The first kappa shape index (κ1) is 13.4. The predicted octanol–water partition coefficient (Wildman–Crippen LogP) is 0.925. The number of carbonyl (C=O) groups excluding carboxylic acids is 3. The van der Waals surface area contributed by atoms with E-state index in [-0.39, 0.29) is 18.8 Å². The van der Waals surface area contributed by atoms with Crippen LogP contribution in [0.4, 0.5) is 0 Å². The first-order chi connectivity index (χ1) is 8.71. The van der Waals surface area contributed by atoms with E-state index in [1.807, 2.05) is 0 Å². The quantitative estimate of drug-likeness (QED) is 0.456. The molecule has 0 amide bonds. The highest BCUT2D eigenvalue weighted by atomic mass is 16.1. The largest absolute Gasteiger partial charge is 0.297 e. The third-order valence-corrected chi connectivity index (χ3v) is 2.13. The fourth-order valence-corrected chi connectivity index (χ4v) is 1.42. The molecule has 90 valence electrons. The molecule has 6 heteroatoms. The van der Waals surface area contributed by atoms with E-state index >= 15 is 0 Å². The van der Waals surface area contributed by atoms with Crippen molar-refractivity contribution in [3.63, 3.8) is 0 Å². The van der Waals surface area contributed by atoms with Gasteiger partial charge in [0.15, 0.2) is 6.29 Å². The van der Waals surface area contributed by atoms with E-state index in [0.717, 1.165) is 0 Å². The molecular formula is C12H9N3O3. The van der Waals surface area contributed by atoms with Gasteiger partial charge >= 0.3 is 0 Å². The molecule has 0 bridgehead atoms. The molecule has 0 aliphatic heterocycles. The molecule has 0 aromatic heterocycles. The van der Waals surface area contributed by atoms with Crippen molar-refractivity contribution in [1.29, 1.82) is 5.41 Å². The number of hydrogen-bond donors (Lipinski definition) is 1. The van der Waals surface area contributed by atoms with Crippen LogP contribution in [0.2, 0.25) is 0 Å². The van der Waals surface area contributed by atoms with Crippen molar-refractivity contribution in [1.82, 2.24) is 0 Å². The predicted molar refractivity (Wildman–Crippen MR) is 63.0 cm³/mol. The van der Waals surface area contributed by atoms with Crippen LogP contribution in [0.5, 0.6) is 0 Å². The highest BCUT2D eigenvalue weighted by molar-refractivity contribution is 6.34. The molecule has 0 saturated heterocycles. The van der Waals surface area contributed by atoms with E-state index in [1.165, 1.54) is 12.2 Å². The third-order valence-electron chi connectivity index (χ3n) is 2.13. The maximum absolute atomic E-state index is 10.6. The van der Waals surface area contributed by atoms with E-state index < -0.39 is 0 Å². The zero-order valence-corrected chi connectivity index (χ0v) is 9.34. The molecule has 1 aromatic carbocycles. The van der Waals surface area contributed by atoms with E-state index in [0.29, 0.717) is 23.0 Å². The van der Waals surface area contributed by atoms with E-state index in [1.54, 1.807) is 18.2 Å². The molecule has 0 radical (unpaired) electrons. The number of carbonyl (C=O) groups is 1. The molecule has 0 saturated carbocycles. The van der Waals surface area contributed by atoms with E-state index in [9.17, 15) is 14.4 Å². The molecule has 0 fully saturated rings. The summed E-state index contributed by atoms with van der Waals surface area (Å²) in [5.41, 5.74) is 1.47. The van der Waals surface area contributed by atoms with Crippen LogP contribution in [-0.2, 0) is 27.5 Å². The van der Waals surface area contributed by atoms with E-state index in [2.05, 4.69) is 9.98 Å². The van der Waals surface area contributed by atoms with Crippen molar-refractivity contribution in [3.05, 3.63) is 34.9 Å². The molecule has 1 aromatic rings. The molecule has 6 nitrogen and oxygen atoms in total. The van der Waals surface area contributed by atoms with Gasteiger partial charge in [-0.05, 0) is 23.3 Å². The molecule has 0 aliphatic rings. The second kappa shape index (κ2) is 6.81. The Morgan fingerprint density at radius 1 is 1.11 bits per heavy atom. The lowest BCUT2D eigenvalue weighted by molar-refractivity contribution is -0.102. The Bertz CT molecular complexity index is 530. The topological polar surface area (TPSA) is 99.8 Å². The average Bonchev–Trinajstić information content (AvgIpc) is 2.41. The summed E-state index contributed by atoms with van der Waals surface area (Å²) in [4.78, 5) is 37.5. The molecule has 0 unspecified atom stereocenters. The van der Waals surface area contributed by atoms with Gasteiger partial charge < -0.3 is 0 Å².